The van der Waals surface area contributed by atoms with Gasteiger partial charge in [-0.2, -0.15) is 5.10 Å². The highest BCUT2D eigenvalue weighted by molar-refractivity contribution is 14.1. The first-order chi connectivity index (χ1) is 4.88. The second-order valence-electron chi connectivity index (χ2n) is 1.49. The molecule has 52 valence electrons. The van der Waals surface area contributed by atoms with Gasteiger partial charge in [-0.25, -0.2) is 9.66 Å². The number of nitrogens with zero attached hydrogens (tertiary/aromatic N) is 3. The van der Waals surface area contributed by atoms with Crippen LogP contribution in [0.2, 0.25) is 0 Å². The van der Waals surface area contributed by atoms with E-state index in [9.17, 15) is 0 Å². The third-order valence-corrected chi connectivity index (χ3v) is 1.20. The first kappa shape index (κ1) is 7.39. The summed E-state index contributed by atoms with van der Waals surface area (Å²) < 4.78 is 3.14. The van der Waals surface area contributed by atoms with Gasteiger partial charge in [-0.3, -0.25) is 0 Å². The summed E-state index contributed by atoms with van der Waals surface area (Å²) in [5.74, 6) is 0.535. The van der Waals surface area contributed by atoms with Crippen molar-refractivity contribution in [3.8, 4) is 0 Å². The van der Waals surface area contributed by atoms with Crippen LogP contribution >= 0.6 is 22.6 Å². The smallest absolute Gasteiger partial charge is 0.171 e. The standard InChI is InChI=1S/C5H5IN4/c6-4-9-10-2-1-8-5(10)3-7/h1-4,7H/b7-3?,9-4-. The summed E-state index contributed by atoms with van der Waals surface area (Å²) in [6, 6.07) is 0. The van der Waals surface area contributed by atoms with Gasteiger partial charge in [-0.1, -0.05) is 0 Å². The minimum absolute atomic E-state index is 0.535. The Balaban J connectivity index is 3.00. The van der Waals surface area contributed by atoms with Gasteiger partial charge in [0.25, 0.3) is 0 Å². The molecular weight excluding hydrogens is 243 g/mol. The van der Waals surface area contributed by atoms with Crippen LogP contribution in [0.3, 0.4) is 0 Å². The summed E-state index contributed by atoms with van der Waals surface area (Å²) in [5.41, 5.74) is 0. The zero-order valence-electron chi connectivity index (χ0n) is 5.03. The van der Waals surface area contributed by atoms with Crippen molar-refractivity contribution < 1.29 is 0 Å². The van der Waals surface area contributed by atoms with E-state index in [1.807, 2.05) is 22.6 Å². The van der Waals surface area contributed by atoms with Gasteiger partial charge in [0.15, 0.2) is 5.82 Å². The molecule has 5 heteroatoms. The molecule has 0 aliphatic heterocycles. The van der Waals surface area contributed by atoms with Gasteiger partial charge in [-0.05, 0) is 22.6 Å². The van der Waals surface area contributed by atoms with Crippen molar-refractivity contribution in [1.82, 2.24) is 9.66 Å². The second-order valence-corrected chi connectivity index (χ2v) is 2.04. The molecule has 0 spiro atoms. The summed E-state index contributed by atoms with van der Waals surface area (Å²) in [4.78, 5) is 3.86. The highest BCUT2D eigenvalue weighted by atomic mass is 127. The van der Waals surface area contributed by atoms with E-state index in [0.717, 1.165) is 6.21 Å². The molecule has 4 nitrogen and oxygen atoms in total. The van der Waals surface area contributed by atoms with Crippen LogP contribution in [0, 0.1) is 5.41 Å². The van der Waals surface area contributed by atoms with E-state index in [1.165, 1.54) is 4.68 Å². The van der Waals surface area contributed by atoms with E-state index in [2.05, 4.69) is 10.1 Å². The van der Waals surface area contributed by atoms with Crippen LogP contribution in [0.4, 0.5) is 0 Å². The van der Waals surface area contributed by atoms with Crippen molar-refractivity contribution in [2.24, 2.45) is 5.10 Å². The zero-order valence-corrected chi connectivity index (χ0v) is 7.19. The first-order valence-electron chi connectivity index (χ1n) is 2.55. The lowest BCUT2D eigenvalue weighted by atomic mass is 10.7. The second kappa shape index (κ2) is 3.45. The van der Waals surface area contributed by atoms with Crippen molar-refractivity contribution in [3.05, 3.63) is 18.2 Å². The number of rotatable bonds is 2. The van der Waals surface area contributed by atoms with Gasteiger partial charge in [0.05, 0.1) is 10.4 Å². The van der Waals surface area contributed by atoms with Gasteiger partial charge in [0.1, 0.15) is 0 Å². The Hall–Kier alpha value is -0.720. The Kier molecular flexibility index (Phi) is 2.55. The average molecular weight is 248 g/mol. The summed E-state index contributed by atoms with van der Waals surface area (Å²) in [7, 11) is 0. The predicted molar refractivity (Wildman–Crippen MR) is 48.0 cm³/mol. The molecule has 0 saturated carbocycles. The molecule has 1 N–H and O–H groups in total. The Morgan fingerprint density at radius 3 is 3.20 bits per heavy atom. The maximum atomic E-state index is 6.89. The van der Waals surface area contributed by atoms with Crippen molar-refractivity contribution in [1.29, 1.82) is 5.41 Å². The first-order valence-corrected chi connectivity index (χ1v) is 3.80. The molecule has 0 saturated heterocycles. The number of halogens is 1. The van der Waals surface area contributed by atoms with Crippen molar-refractivity contribution in [2.75, 3.05) is 0 Å². The number of nitrogens with one attached hydrogen (secondary N) is 1. The molecule has 1 aromatic heterocycles. The number of aromatic nitrogens is 2. The van der Waals surface area contributed by atoms with Crippen LogP contribution in [0.15, 0.2) is 17.5 Å². The summed E-state index contributed by atoms with van der Waals surface area (Å²) >= 11 is 2.01. The van der Waals surface area contributed by atoms with E-state index in [-0.39, 0.29) is 0 Å². The Bertz CT molecular complexity index is 252. The van der Waals surface area contributed by atoms with Crippen LogP contribution in [0.25, 0.3) is 0 Å². The Morgan fingerprint density at radius 1 is 1.80 bits per heavy atom. The highest BCUT2D eigenvalue weighted by Crippen LogP contribution is 1.92. The fraction of sp³-hybridized carbons (Fsp3) is 0. The van der Waals surface area contributed by atoms with E-state index < -0.39 is 0 Å². The summed E-state index contributed by atoms with van der Waals surface area (Å²) in [6.07, 6.45) is 4.45. The van der Waals surface area contributed by atoms with E-state index in [1.54, 1.807) is 16.6 Å². The molecule has 0 bridgehead atoms. The maximum absolute atomic E-state index is 6.89. The third kappa shape index (κ3) is 1.41. The van der Waals surface area contributed by atoms with E-state index in [0.29, 0.717) is 5.82 Å². The monoisotopic (exact) mass is 248 g/mol. The predicted octanol–water partition coefficient (Wildman–Crippen LogP) is 1.11. The lowest BCUT2D eigenvalue weighted by Crippen LogP contribution is -1.93. The van der Waals surface area contributed by atoms with Crippen LogP contribution in [0.1, 0.15) is 5.82 Å². The fourth-order valence-corrected chi connectivity index (χ4v) is 0.825. The minimum atomic E-state index is 0.535. The zero-order chi connectivity index (χ0) is 7.40. The van der Waals surface area contributed by atoms with Gasteiger partial charge < -0.3 is 5.41 Å². The van der Waals surface area contributed by atoms with Crippen molar-refractivity contribution in [2.45, 2.75) is 0 Å². The molecule has 0 unspecified atom stereocenters. The van der Waals surface area contributed by atoms with Gasteiger partial charge in [0, 0.05) is 12.4 Å². The fourth-order valence-electron chi connectivity index (χ4n) is 0.556. The summed E-state index contributed by atoms with van der Waals surface area (Å²) in [6.45, 7) is 0. The van der Waals surface area contributed by atoms with Gasteiger partial charge >= 0.3 is 0 Å². The Labute approximate surface area is 71.6 Å². The number of imidazole rings is 1. The lowest BCUT2D eigenvalue weighted by molar-refractivity contribution is 0.874. The molecular formula is C5H5IN4. The van der Waals surface area contributed by atoms with Crippen molar-refractivity contribution in [3.63, 3.8) is 0 Å². The molecule has 0 aliphatic carbocycles. The van der Waals surface area contributed by atoms with Gasteiger partial charge in [-0.15, -0.1) is 0 Å². The molecule has 1 heterocycles. The van der Waals surface area contributed by atoms with Crippen molar-refractivity contribution >= 4 is 33.0 Å². The molecule has 1 aromatic rings. The molecule has 0 atom stereocenters. The molecule has 10 heavy (non-hydrogen) atoms. The third-order valence-electron chi connectivity index (χ3n) is 0.947. The normalized spacial score (nSPS) is 10.5. The number of hydrogen-bond donors (Lipinski definition) is 1. The van der Waals surface area contributed by atoms with Crippen LogP contribution in [-0.2, 0) is 0 Å². The van der Waals surface area contributed by atoms with Gasteiger partial charge in [0.2, 0.25) is 0 Å². The topological polar surface area (TPSA) is 54.0 Å². The molecule has 1 rings (SSSR count). The summed E-state index contributed by atoms with van der Waals surface area (Å²) in [5, 5.41) is 10.8. The maximum Gasteiger partial charge on any atom is 0.171 e. The quantitative estimate of drug-likeness (QED) is 0.618. The largest absolute Gasteiger partial charge is 0.305 e. The van der Waals surface area contributed by atoms with Crippen LogP contribution in [0.5, 0.6) is 0 Å². The number of hydrogen-bond acceptors (Lipinski definition) is 3. The van der Waals surface area contributed by atoms with Crippen LogP contribution in [-0.4, -0.2) is 20.1 Å². The SMILES string of the molecule is N=Cc1nccn1/N=C\I. The molecule has 0 aromatic carbocycles. The highest BCUT2D eigenvalue weighted by Gasteiger charge is 1.93. The minimum Gasteiger partial charge on any atom is -0.305 e. The molecule has 0 fully saturated rings. The Morgan fingerprint density at radius 2 is 2.60 bits per heavy atom. The molecule has 0 aliphatic rings. The molecule has 0 radical (unpaired) electrons. The molecule has 0 amide bonds. The van der Waals surface area contributed by atoms with E-state index >= 15 is 0 Å². The van der Waals surface area contributed by atoms with Crippen LogP contribution < -0.4 is 0 Å². The lowest BCUT2D eigenvalue weighted by Gasteiger charge is -1.90. The average Bonchev–Trinajstić information content (AvgIpc) is 2.36. The van der Waals surface area contributed by atoms with E-state index in [4.69, 9.17) is 5.41 Å².